The first kappa shape index (κ1) is 15.5. The number of alkyl carbamates (subject to hydrolysis) is 1. The fourth-order valence-corrected chi connectivity index (χ4v) is 2.48. The van der Waals surface area contributed by atoms with Crippen LogP contribution in [0.25, 0.3) is 11.1 Å². The van der Waals surface area contributed by atoms with Crippen LogP contribution in [0.15, 0.2) is 30.9 Å². The van der Waals surface area contributed by atoms with E-state index in [1.165, 1.54) is 0 Å². The lowest BCUT2D eigenvalue weighted by molar-refractivity contribution is 0.0437. The van der Waals surface area contributed by atoms with Gasteiger partial charge in [-0.05, 0) is 24.5 Å². The molecule has 1 aliphatic heterocycles. The predicted octanol–water partition coefficient (Wildman–Crippen LogP) is 1.89. The molecule has 7 heteroatoms. The van der Waals surface area contributed by atoms with Crippen LogP contribution < -0.4 is 5.32 Å². The highest BCUT2D eigenvalue weighted by atomic mass is 16.6. The van der Waals surface area contributed by atoms with Crippen molar-refractivity contribution in [3.63, 3.8) is 0 Å². The van der Waals surface area contributed by atoms with Crippen LogP contribution >= 0.6 is 0 Å². The summed E-state index contributed by atoms with van der Waals surface area (Å²) in [6, 6.07) is 1.98. The number of aryl methyl sites for hydroxylation is 1. The predicted molar refractivity (Wildman–Crippen MR) is 83.6 cm³/mol. The van der Waals surface area contributed by atoms with Gasteiger partial charge in [0.25, 0.3) is 0 Å². The Hall–Kier alpha value is -2.41. The first-order valence-corrected chi connectivity index (χ1v) is 7.66. The third-order valence-corrected chi connectivity index (χ3v) is 3.69. The number of rotatable bonds is 5. The van der Waals surface area contributed by atoms with Crippen LogP contribution in [0.2, 0.25) is 0 Å². The summed E-state index contributed by atoms with van der Waals surface area (Å²) < 4.78 is 12.3. The van der Waals surface area contributed by atoms with Gasteiger partial charge in [0.1, 0.15) is 6.61 Å². The van der Waals surface area contributed by atoms with Gasteiger partial charge in [-0.3, -0.25) is 9.67 Å². The summed E-state index contributed by atoms with van der Waals surface area (Å²) in [6.45, 7) is 1.42. The minimum atomic E-state index is -0.438. The Morgan fingerprint density at radius 2 is 2.35 bits per heavy atom. The number of carbonyl (C=O) groups excluding carboxylic acids is 1. The Labute approximate surface area is 134 Å². The highest BCUT2D eigenvalue weighted by molar-refractivity contribution is 5.67. The summed E-state index contributed by atoms with van der Waals surface area (Å²) in [6.07, 6.45) is 8.78. The van der Waals surface area contributed by atoms with Gasteiger partial charge in [0.05, 0.1) is 12.3 Å². The third kappa shape index (κ3) is 4.29. The number of hydrogen-bond acceptors (Lipinski definition) is 5. The summed E-state index contributed by atoms with van der Waals surface area (Å²) in [5.74, 6) is 0. The lowest BCUT2D eigenvalue weighted by Crippen LogP contribution is -2.27. The van der Waals surface area contributed by atoms with Crippen molar-refractivity contribution in [2.45, 2.75) is 25.5 Å². The highest BCUT2D eigenvalue weighted by Crippen LogP contribution is 2.18. The Morgan fingerprint density at radius 1 is 1.43 bits per heavy atom. The molecule has 1 unspecified atom stereocenters. The molecule has 1 saturated heterocycles. The van der Waals surface area contributed by atoms with Crippen molar-refractivity contribution in [2.24, 2.45) is 7.05 Å². The topological polar surface area (TPSA) is 78.3 Å². The van der Waals surface area contributed by atoms with Crippen molar-refractivity contribution in [1.82, 2.24) is 20.1 Å². The molecule has 0 saturated carbocycles. The second-order valence-corrected chi connectivity index (χ2v) is 5.57. The molecule has 1 aliphatic rings. The first-order valence-electron chi connectivity index (χ1n) is 7.66. The molecule has 0 aromatic carbocycles. The molecule has 1 atom stereocenters. The Bertz CT molecular complexity index is 665. The maximum absolute atomic E-state index is 11.7. The molecule has 0 spiro atoms. The average Bonchev–Trinajstić information content (AvgIpc) is 3.23. The molecular weight excluding hydrogens is 296 g/mol. The van der Waals surface area contributed by atoms with Gasteiger partial charge in [-0.1, -0.05) is 0 Å². The van der Waals surface area contributed by atoms with Gasteiger partial charge in [-0.15, -0.1) is 0 Å². The lowest BCUT2D eigenvalue weighted by Gasteiger charge is -2.11. The molecule has 3 heterocycles. The zero-order valence-electron chi connectivity index (χ0n) is 13.1. The molecule has 1 N–H and O–H groups in total. The monoisotopic (exact) mass is 316 g/mol. The van der Waals surface area contributed by atoms with Crippen molar-refractivity contribution < 1.29 is 14.3 Å². The molecule has 1 fully saturated rings. The van der Waals surface area contributed by atoms with E-state index in [9.17, 15) is 4.79 Å². The molecule has 1 amide bonds. The first-order chi connectivity index (χ1) is 11.2. The van der Waals surface area contributed by atoms with Crippen LogP contribution in [-0.2, 0) is 23.1 Å². The Balaban J connectivity index is 1.50. The molecule has 7 nitrogen and oxygen atoms in total. The van der Waals surface area contributed by atoms with E-state index in [1.54, 1.807) is 23.3 Å². The van der Waals surface area contributed by atoms with Gasteiger partial charge in [-0.2, -0.15) is 5.10 Å². The summed E-state index contributed by atoms with van der Waals surface area (Å²) in [4.78, 5) is 15.9. The molecule has 122 valence electrons. The Morgan fingerprint density at radius 3 is 3.09 bits per heavy atom. The minimum absolute atomic E-state index is 0.0383. The van der Waals surface area contributed by atoms with Gasteiger partial charge in [0.15, 0.2) is 0 Å². The van der Waals surface area contributed by atoms with Gasteiger partial charge in [0, 0.05) is 49.9 Å². The van der Waals surface area contributed by atoms with E-state index in [2.05, 4.69) is 15.4 Å². The SMILES string of the molecule is Cn1cc(-c2cncc(CNC(=O)OCC3CCCO3)c2)cn1. The van der Waals surface area contributed by atoms with Crippen LogP contribution in [0.4, 0.5) is 4.79 Å². The number of nitrogens with one attached hydrogen (secondary N) is 1. The normalized spacial score (nSPS) is 17.2. The fourth-order valence-electron chi connectivity index (χ4n) is 2.48. The maximum Gasteiger partial charge on any atom is 0.407 e. The molecule has 2 aromatic heterocycles. The maximum atomic E-state index is 11.7. The number of amides is 1. The van der Waals surface area contributed by atoms with Crippen LogP contribution in [0, 0.1) is 0 Å². The van der Waals surface area contributed by atoms with Crippen molar-refractivity contribution in [2.75, 3.05) is 13.2 Å². The smallest absolute Gasteiger partial charge is 0.407 e. The second-order valence-electron chi connectivity index (χ2n) is 5.57. The number of ether oxygens (including phenoxy) is 2. The summed E-state index contributed by atoms with van der Waals surface area (Å²) in [5.41, 5.74) is 2.85. The van der Waals surface area contributed by atoms with Crippen LogP contribution in [0.1, 0.15) is 18.4 Å². The van der Waals surface area contributed by atoms with Crippen molar-refractivity contribution >= 4 is 6.09 Å². The van der Waals surface area contributed by atoms with E-state index < -0.39 is 6.09 Å². The summed E-state index contributed by atoms with van der Waals surface area (Å²) in [7, 11) is 1.87. The van der Waals surface area contributed by atoms with Gasteiger partial charge < -0.3 is 14.8 Å². The molecular formula is C16H20N4O3. The third-order valence-electron chi connectivity index (χ3n) is 3.69. The van der Waals surface area contributed by atoms with E-state index in [1.807, 2.05) is 19.3 Å². The fraction of sp³-hybridized carbons (Fsp3) is 0.438. The van der Waals surface area contributed by atoms with Crippen LogP contribution in [0.3, 0.4) is 0 Å². The number of pyridine rings is 1. The van der Waals surface area contributed by atoms with Gasteiger partial charge >= 0.3 is 6.09 Å². The molecule has 0 radical (unpaired) electrons. The summed E-state index contributed by atoms with van der Waals surface area (Å²) in [5, 5.41) is 6.88. The van der Waals surface area contributed by atoms with Gasteiger partial charge in [0.2, 0.25) is 0 Å². The van der Waals surface area contributed by atoms with E-state index in [0.29, 0.717) is 13.2 Å². The molecule has 0 bridgehead atoms. The van der Waals surface area contributed by atoms with E-state index in [-0.39, 0.29) is 6.10 Å². The lowest BCUT2D eigenvalue weighted by atomic mass is 10.1. The molecule has 0 aliphatic carbocycles. The quantitative estimate of drug-likeness (QED) is 0.911. The minimum Gasteiger partial charge on any atom is -0.447 e. The number of nitrogens with zero attached hydrogens (tertiary/aromatic N) is 3. The molecule has 3 rings (SSSR count). The summed E-state index contributed by atoms with van der Waals surface area (Å²) >= 11 is 0. The van der Waals surface area contributed by atoms with Crippen molar-refractivity contribution in [3.05, 3.63) is 36.4 Å². The average molecular weight is 316 g/mol. The number of aromatic nitrogens is 3. The standard InChI is InChI=1S/C16H20N4O3/c1-20-10-14(9-19-20)13-5-12(6-17-8-13)7-18-16(21)23-11-15-3-2-4-22-15/h5-6,8-10,15H,2-4,7,11H2,1H3,(H,18,21). The van der Waals surface area contributed by atoms with E-state index in [0.717, 1.165) is 36.1 Å². The largest absolute Gasteiger partial charge is 0.447 e. The Kier molecular flexibility index (Phi) is 4.87. The van der Waals surface area contributed by atoms with Crippen LogP contribution in [0.5, 0.6) is 0 Å². The van der Waals surface area contributed by atoms with Crippen molar-refractivity contribution in [1.29, 1.82) is 0 Å². The number of carbonyl (C=O) groups is 1. The van der Waals surface area contributed by atoms with E-state index in [4.69, 9.17) is 9.47 Å². The van der Waals surface area contributed by atoms with E-state index >= 15 is 0 Å². The second kappa shape index (κ2) is 7.23. The highest BCUT2D eigenvalue weighted by Gasteiger charge is 2.17. The van der Waals surface area contributed by atoms with Crippen LogP contribution in [-0.4, -0.2) is 40.2 Å². The number of hydrogen-bond donors (Lipinski definition) is 1. The zero-order chi connectivity index (χ0) is 16.1. The molecule has 2 aromatic rings. The van der Waals surface area contributed by atoms with Gasteiger partial charge in [-0.25, -0.2) is 4.79 Å². The van der Waals surface area contributed by atoms with Crippen molar-refractivity contribution in [3.8, 4) is 11.1 Å². The zero-order valence-corrected chi connectivity index (χ0v) is 13.1. The molecule has 23 heavy (non-hydrogen) atoms.